The van der Waals surface area contributed by atoms with E-state index in [2.05, 4.69) is 5.32 Å². The van der Waals surface area contributed by atoms with Crippen molar-refractivity contribution in [1.82, 2.24) is 0 Å². The molecule has 2 aromatic carbocycles. The van der Waals surface area contributed by atoms with Crippen LogP contribution in [0.15, 0.2) is 47.8 Å². The minimum absolute atomic E-state index is 0.0620. The average Bonchev–Trinajstić information content (AvgIpc) is 3.40. The number of ether oxygens (including phenoxy) is 3. The predicted molar refractivity (Wildman–Crippen MR) is 113 cm³/mol. The molecule has 1 aliphatic rings. The van der Waals surface area contributed by atoms with Crippen LogP contribution in [0.4, 0.5) is 10.7 Å². The van der Waals surface area contributed by atoms with Crippen molar-refractivity contribution in [3.05, 3.63) is 69.1 Å². The topological polar surface area (TPSA) is 117 Å². The van der Waals surface area contributed by atoms with E-state index in [0.717, 1.165) is 11.3 Å². The van der Waals surface area contributed by atoms with E-state index in [4.69, 9.17) is 14.2 Å². The molecule has 0 spiro atoms. The number of nitro benzene ring substituents is 1. The smallest absolute Gasteiger partial charge is 0.341 e. The minimum atomic E-state index is -0.599. The number of amides is 1. The number of nitrogens with one attached hydrogen (secondary N) is 1. The highest BCUT2D eigenvalue weighted by atomic mass is 32.1. The predicted octanol–water partition coefficient (Wildman–Crippen LogP) is 4.48. The van der Waals surface area contributed by atoms with Crippen LogP contribution in [0.3, 0.4) is 0 Å². The molecule has 0 bridgehead atoms. The summed E-state index contributed by atoms with van der Waals surface area (Å²) in [6.45, 7) is 1.93. The lowest BCUT2D eigenvalue weighted by molar-refractivity contribution is -0.384. The zero-order valence-corrected chi connectivity index (χ0v) is 17.1. The van der Waals surface area contributed by atoms with E-state index in [1.165, 1.54) is 12.1 Å². The van der Waals surface area contributed by atoms with E-state index in [1.54, 1.807) is 42.6 Å². The van der Waals surface area contributed by atoms with Crippen molar-refractivity contribution in [2.24, 2.45) is 0 Å². The van der Waals surface area contributed by atoms with Gasteiger partial charge in [-0.3, -0.25) is 14.9 Å². The molecule has 4 rings (SSSR count). The SMILES string of the molecule is CCOC(=O)c1c(-c2ccc([N+](=O)[O-])cc2)csc1NC(=O)c1ccc2c(c1)OCO2. The second-order valence-electron chi connectivity index (χ2n) is 6.40. The van der Waals surface area contributed by atoms with E-state index in [1.807, 2.05) is 0 Å². The van der Waals surface area contributed by atoms with Crippen molar-refractivity contribution < 1.29 is 28.7 Å². The van der Waals surface area contributed by atoms with Gasteiger partial charge < -0.3 is 19.5 Å². The van der Waals surface area contributed by atoms with Gasteiger partial charge in [0.2, 0.25) is 6.79 Å². The summed E-state index contributed by atoms with van der Waals surface area (Å²) in [6, 6.07) is 10.6. The number of carbonyl (C=O) groups is 2. The first-order chi connectivity index (χ1) is 15.0. The molecule has 1 N–H and O–H groups in total. The first kappa shape index (κ1) is 20.4. The molecule has 0 unspecified atom stereocenters. The van der Waals surface area contributed by atoms with Gasteiger partial charge in [0.05, 0.1) is 11.5 Å². The highest BCUT2D eigenvalue weighted by molar-refractivity contribution is 7.15. The van der Waals surface area contributed by atoms with E-state index in [9.17, 15) is 19.7 Å². The number of fused-ring (bicyclic) bond motifs is 1. The number of carbonyl (C=O) groups excluding carboxylic acids is 2. The van der Waals surface area contributed by atoms with Gasteiger partial charge in [0.15, 0.2) is 11.5 Å². The maximum absolute atomic E-state index is 12.8. The lowest BCUT2D eigenvalue weighted by Gasteiger charge is -2.09. The Bertz CT molecular complexity index is 1170. The van der Waals surface area contributed by atoms with Crippen molar-refractivity contribution >= 4 is 33.9 Å². The van der Waals surface area contributed by atoms with Crippen molar-refractivity contribution in [2.45, 2.75) is 6.92 Å². The first-order valence-electron chi connectivity index (χ1n) is 9.22. The van der Waals surface area contributed by atoms with Crippen LogP contribution in [-0.4, -0.2) is 30.2 Å². The van der Waals surface area contributed by atoms with Crippen LogP contribution >= 0.6 is 11.3 Å². The number of anilines is 1. The molecule has 0 atom stereocenters. The molecular formula is C21H16N2O7S. The van der Waals surface area contributed by atoms with E-state index in [-0.39, 0.29) is 24.7 Å². The van der Waals surface area contributed by atoms with Gasteiger partial charge >= 0.3 is 5.97 Å². The Morgan fingerprint density at radius 3 is 2.61 bits per heavy atom. The fraction of sp³-hybridized carbons (Fsp3) is 0.143. The molecule has 0 aliphatic carbocycles. The molecular weight excluding hydrogens is 424 g/mol. The minimum Gasteiger partial charge on any atom is -0.462 e. The van der Waals surface area contributed by atoms with Gasteiger partial charge in [-0.25, -0.2) is 4.79 Å². The maximum atomic E-state index is 12.8. The zero-order valence-electron chi connectivity index (χ0n) is 16.2. The summed E-state index contributed by atoms with van der Waals surface area (Å²) in [5, 5.41) is 15.7. The second-order valence-corrected chi connectivity index (χ2v) is 7.28. The molecule has 0 fully saturated rings. The zero-order chi connectivity index (χ0) is 22.0. The Kier molecular flexibility index (Phi) is 5.54. The average molecular weight is 440 g/mol. The monoisotopic (exact) mass is 440 g/mol. The maximum Gasteiger partial charge on any atom is 0.341 e. The van der Waals surface area contributed by atoms with Crippen molar-refractivity contribution in [1.29, 1.82) is 0 Å². The molecule has 9 nitrogen and oxygen atoms in total. The number of benzene rings is 2. The highest BCUT2D eigenvalue weighted by Crippen LogP contribution is 2.38. The summed E-state index contributed by atoms with van der Waals surface area (Å²) in [7, 11) is 0. The van der Waals surface area contributed by atoms with E-state index >= 15 is 0 Å². The number of thiophene rings is 1. The van der Waals surface area contributed by atoms with Crippen molar-refractivity contribution in [2.75, 3.05) is 18.7 Å². The lowest BCUT2D eigenvalue weighted by Crippen LogP contribution is -2.14. The van der Waals surface area contributed by atoms with E-state index in [0.29, 0.717) is 33.2 Å². The van der Waals surface area contributed by atoms with Gasteiger partial charge in [-0.05, 0) is 42.8 Å². The molecule has 2 heterocycles. The largest absolute Gasteiger partial charge is 0.462 e. The van der Waals surface area contributed by atoms with Crippen LogP contribution < -0.4 is 14.8 Å². The van der Waals surface area contributed by atoms with Crippen LogP contribution in [-0.2, 0) is 4.74 Å². The summed E-state index contributed by atoms with van der Waals surface area (Å²) in [5.41, 5.74) is 1.57. The summed E-state index contributed by atoms with van der Waals surface area (Å²) in [5.74, 6) is -0.00426. The summed E-state index contributed by atoms with van der Waals surface area (Å²) < 4.78 is 15.7. The van der Waals surface area contributed by atoms with Gasteiger partial charge in [0, 0.05) is 28.6 Å². The fourth-order valence-electron chi connectivity index (χ4n) is 3.04. The standard InChI is InChI=1S/C21H16N2O7S/c1-2-28-21(25)18-15(12-3-6-14(7-4-12)23(26)27)10-31-20(18)22-19(24)13-5-8-16-17(9-13)30-11-29-16/h3-10H,2,11H2,1H3,(H,22,24). The van der Waals surface area contributed by atoms with E-state index < -0.39 is 16.8 Å². The van der Waals surface area contributed by atoms with Gasteiger partial charge in [0.1, 0.15) is 10.6 Å². The molecule has 1 aliphatic heterocycles. The number of esters is 1. The molecule has 1 amide bonds. The second kappa shape index (κ2) is 8.44. The molecule has 158 valence electrons. The van der Waals surface area contributed by atoms with Crippen LogP contribution in [0.1, 0.15) is 27.6 Å². The quantitative estimate of drug-likeness (QED) is 0.341. The van der Waals surface area contributed by atoms with Gasteiger partial charge in [-0.2, -0.15) is 0 Å². The van der Waals surface area contributed by atoms with Crippen LogP contribution in [0.5, 0.6) is 11.5 Å². The molecule has 10 heteroatoms. The molecule has 3 aromatic rings. The van der Waals surface area contributed by atoms with Gasteiger partial charge in [-0.15, -0.1) is 11.3 Å². The molecule has 0 saturated heterocycles. The summed E-state index contributed by atoms with van der Waals surface area (Å²) in [6.07, 6.45) is 0. The number of hydrogen-bond donors (Lipinski definition) is 1. The number of hydrogen-bond acceptors (Lipinski definition) is 8. The van der Waals surface area contributed by atoms with Crippen LogP contribution in [0.25, 0.3) is 11.1 Å². The Morgan fingerprint density at radius 1 is 1.16 bits per heavy atom. The normalized spacial score (nSPS) is 11.8. The molecule has 0 radical (unpaired) electrons. The fourth-order valence-corrected chi connectivity index (χ4v) is 4.00. The Balaban J connectivity index is 1.66. The molecule has 31 heavy (non-hydrogen) atoms. The first-order valence-corrected chi connectivity index (χ1v) is 10.1. The van der Waals surface area contributed by atoms with Crippen LogP contribution in [0.2, 0.25) is 0 Å². The third kappa shape index (κ3) is 4.05. The van der Waals surface area contributed by atoms with Gasteiger partial charge in [-0.1, -0.05) is 0 Å². The lowest BCUT2D eigenvalue weighted by atomic mass is 10.0. The number of nitro groups is 1. The number of nitrogens with zero attached hydrogens (tertiary/aromatic N) is 1. The Morgan fingerprint density at radius 2 is 1.90 bits per heavy atom. The third-order valence-corrected chi connectivity index (χ3v) is 5.42. The number of rotatable bonds is 6. The number of non-ortho nitro benzene ring substituents is 1. The summed E-state index contributed by atoms with van der Waals surface area (Å²) >= 11 is 1.16. The molecule has 1 aromatic heterocycles. The Labute approximate surface area is 180 Å². The van der Waals surface area contributed by atoms with Crippen molar-refractivity contribution in [3.8, 4) is 22.6 Å². The summed E-state index contributed by atoms with van der Waals surface area (Å²) in [4.78, 5) is 35.8. The Hall–Kier alpha value is -3.92. The highest BCUT2D eigenvalue weighted by Gasteiger charge is 2.24. The van der Waals surface area contributed by atoms with Gasteiger partial charge in [0.25, 0.3) is 11.6 Å². The molecule has 0 saturated carbocycles. The van der Waals surface area contributed by atoms with Crippen molar-refractivity contribution in [3.63, 3.8) is 0 Å². The van der Waals surface area contributed by atoms with Crippen LogP contribution in [0, 0.1) is 10.1 Å². The third-order valence-electron chi connectivity index (χ3n) is 4.52.